The summed E-state index contributed by atoms with van der Waals surface area (Å²) in [5.74, 6) is 2.00. The van der Waals surface area contributed by atoms with Gasteiger partial charge in [0.2, 0.25) is 5.91 Å². The van der Waals surface area contributed by atoms with Crippen LogP contribution in [0, 0.1) is 17.7 Å². The van der Waals surface area contributed by atoms with Gasteiger partial charge in [0.25, 0.3) is 0 Å². The molecule has 5 rings (SSSR count). The van der Waals surface area contributed by atoms with Crippen LogP contribution in [-0.4, -0.2) is 69.8 Å². The van der Waals surface area contributed by atoms with Gasteiger partial charge in [-0.05, 0) is 113 Å². The molecule has 3 aliphatic rings. The highest BCUT2D eigenvalue weighted by molar-refractivity contribution is 6.07. The minimum absolute atomic E-state index is 0.0705. The number of hydrogen-bond acceptors (Lipinski definition) is 7. The predicted octanol–water partition coefficient (Wildman–Crippen LogP) is 6.31. The van der Waals surface area contributed by atoms with E-state index in [0.717, 1.165) is 99.9 Å². The fraction of sp³-hybridized carbons (Fsp3) is 0.556. The SMILES string of the molecule is COc1ccc(F)cc1CCC1CCC(CCNCCCCCN2N=C(c3ccc(OC)c(OC)c3)[C@@H]3CC=CC[C@@H]3C2=O)O1. The van der Waals surface area contributed by atoms with E-state index in [2.05, 4.69) is 17.5 Å². The Morgan fingerprint density at radius 1 is 0.867 bits per heavy atom. The van der Waals surface area contributed by atoms with Gasteiger partial charge in [-0.25, -0.2) is 9.40 Å². The summed E-state index contributed by atoms with van der Waals surface area (Å²) < 4.78 is 36.3. The quantitative estimate of drug-likeness (QED) is 0.175. The number of fused-ring (bicyclic) bond motifs is 1. The fourth-order valence-electron chi connectivity index (χ4n) is 6.80. The zero-order valence-corrected chi connectivity index (χ0v) is 26.9. The summed E-state index contributed by atoms with van der Waals surface area (Å²) >= 11 is 0. The number of halogens is 1. The van der Waals surface area contributed by atoms with Crippen LogP contribution in [0.1, 0.15) is 68.9 Å². The highest BCUT2D eigenvalue weighted by atomic mass is 19.1. The third-order valence-electron chi connectivity index (χ3n) is 9.30. The van der Waals surface area contributed by atoms with Crippen molar-refractivity contribution >= 4 is 11.6 Å². The lowest BCUT2D eigenvalue weighted by Gasteiger charge is -2.37. The van der Waals surface area contributed by atoms with E-state index in [1.54, 1.807) is 38.5 Å². The first-order chi connectivity index (χ1) is 22.0. The molecule has 1 N–H and O–H groups in total. The van der Waals surface area contributed by atoms with Crippen molar-refractivity contribution in [3.63, 3.8) is 0 Å². The van der Waals surface area contributed by atoms with Crippen LogP contribution < -0.4 is 19.5 Å². The van der Waals surface area contributed by atoms with Crippen molar-refractivity contribution in [1.82, 2.24) is 10.3 Å². The number of nitrogens with one attached hydrogen (secondary N) is 1. The first kappa shape index (κ1) is 32.9. The fourth-order valence-corrected chi connectivity index (χ4v) is 6.80. The number of carbonyl (C=O) groups is 1. The molecule has 4 atom stereocenters. The van der Waals surface area contributed by atoms with Gasteiger partial charge in [0.05, 0.1) is 45.2 Å². The molecule has 2 aromatic rings. The van der Waals surface area contributed by atoms with Gasteiger partial charge in [0.15, 0.2) is 11.5 Å². The Hall–Kier alpha value is -3.43. The van der Waals surface area contributed by atoms with E-state index >= 15 is 0 Å². The van der Waals surface area contributed by atoms with Gasteiger partial charge in [-0.15, -0.1) is 0 Å². The van der Waals surface area contributed by atoms with Gasteiger partial charge in [0, 0.05) is 18.0 Å². The highest BCUT2D eigenvalue weighted by Crippen LogP contribution is 2.37. The molecular formula is C36H48FN3O5. The summed E-state index contributed by atoms with van der Waals surface area (Å²) in [7, 11) is 4.89. The van der Waals surface area contributed by atoms with Crippen LogP contribution in [0.15, 0.2) is 53.7 Å². The lowest BCUT2D eigenvalue weighted by atomic mass is 9.76. The summed E-state index contributed by atoms with van der Waals surface area (Å²) in [5, 5.41) is 10.2. The van der Waals surface area contributed by atoms with Gasteiger partial charge in [0.1, 0.15) is 11.6 Å². The summed E-state index contributed by atoms with van der Waals surface area (Å²) in [4.78, 5) is 13.4. The molecule has 1 amide bonds. The Kier molecular flexibility index (Phi) is 11.9. The number of benzene rings is 2. The largest absolute Gasteiger partial charge is 0.496 e. The van der Waals surface area contributed by atoms with Crippen molar-refractivity contribution in [3.8, 4) is 17.2 Å². The van der Waals surface area contributed by atoms with E-state index in [1.807, 2.05) is 18.2 Å². The number of hydrogen-bond donors (Lipinski definition) is 1. The van der Waals surface area contributed by atoms with Crippen molar-refractivity contribution in [2.45, 2.75) is 76.4 Å². The van der Waals surface area contributed by atoms with E-state index in [1.165, 1.54) is 6.07 Å². The maximum atomic E-state index is 13.7. The zero-order valence-electron chi connectivity index (χ0n) is 26.9. The van der Waals surface area contributed by atoms with Crippen molar-refractivity contribution in [2.75, 3.05) is 41.0 Å². The van der Waals surface area contributed by atoms with Crippen molar-refractivity contribution < 1.29 is 28.1 Å². The van der Waals surface area contributed by atoms with Crippen LogP contribution in [-0.2, 0) is 16.0 Å². The molecule has 8 nitrogen and oxygen atoms in total. The van der Waals surface area contributed by atoms with Crippen molar-refractivity contribution in [2.24, 2.45) is 16.9 Å². The minimum atomic E-state index is -0.230. The minimum Gasteiger partial charge on any atom is -0.496 e. The molecule has 2 unspecified atom stereocenters. The average molecular weight is 622 g/mol. The molecule has 1 aliphatic carbocycles. The van der Waals surface area contributed by atoms with Crippen LogP contribution in [0.5, 0.6) is 17.2 Å². The standard InChI is InChI=1S/C36H48FN3O5/c1-42-32-18-13-27(37)23-25(32)11-14-28-15-16-29(45-28)19-21-38-20-7-4-8-22-40-36(41)31-10-6-5-9-30(31)35(39-40)26-12-17-33(43-2)34(24-26)44-3/h5-6,12-13,17-18,23-24,28-31,38H,4,7-11,14-16,19-22H2,1-3H3/t28?,29?,30-,31+/m1/s1. The number of ether oxygens (including phenoxy) is 4. The molecule has 0 radical (unpaired) electrons. The normalized spacial score (nSPS) is 22.7. The molecular weight excluding hydrogens is 573 g/mol. The van der Waals surface area contributed by atoms with Gasteiger partial charge < -0.3 is 24.3 Å². The lowest BCUT2D eigenvalue weighted by molar-refractivity contribution is -0.137. The van der Waals surface area contributed by atoms with E-state index in [4.69, 9.17) is 24.0 Å². The van der Waals surface area contributed by atoms with Crippen LogP contribution in [0.25, 0.3) is 0 Å². The Morgan fingerprint density at radius 2 is 1.60 bits per heavy atom. The third kappa shape index (κ3) is 8.44. The smallest absolute Gasteiger partial charge is 0.246 e. The van der Waals surface area contributed by atoms with E-state index < -0.39 is 0 Å². The molecule has 1 fully saturated rings. The van der Waals surface area contributed by atoms with E-state index in [-0.39, 0.29) is 35.8 Å². The topological polar surface area (TPSA) is 81.6 Å². The van der Waals surface area contributed by atoms with Crippen LogP contribution >= 0.6 is 0 Å². The molecule has 0 saturated carbocycles. The number of allylic oxidation sites excluding steroid dienone is 2. The number of rotatable bonds is 16. The van der Waals surface area contributed by atoms with Crippen LogP contribution in [0.3, 0.4) is 0 Å². The molecule has 9 heteroatoms. The first-order valence-corrected chi connectivity index (χ1v) is 16.5. The summed E-state index contributed by atoms with van der Waals surface area (Å²) in [6.45, 7) is 2.50. The number of amides is 1. The Morgan fingerprint density at radius 3 is 2.38 bits per heavy atom. The maximum Gasteiger partial charge on any atom is 0.246 e. The van der Waals surface area contributed by atoms with E-state index in [0.29, 0.717) is 18.0 Å². The monoisotopic (exact) mass is 621 g/mol. The van der Waals surface area contributed by atoms with E-state index in [9.17, 15) is 9.18 Å². The number of unbranched alkanes of at least 4 members (excludes halogenated alkanes) is 2. The molecule has 0 spiro atoms. The second kappa shape index (κ2) is 16.2. The Balaban J connectivity index is 1.01. The molecule has 0 aromatic heterocycles. The number of methoxy groups -OCH3 is 3. The van der Waals surface area contributed by atoms with Crippen LogP contribution in [0.4, 0.5) is 4.39 Å². The lowest BCUT2D eigenvalue weighted by Crippen LogP contribution is -2.45. The Bertz CT molecular complexity index is 1350. The van der Waals surface area contributed by atoms with Crippen molar-refractivity contribution in [3.05, 3.63) is 65.5 Å². The van der Waals surface area contributed by atoms with Gasteiger partial charge >= 0.3 is 0 Å². The number of aryl methyl sites for hydroxylation is 1. The maximum absolute atomic E-state index is 13.7. The molecule has 244 valence electrons. The second-order valence-corrected chi connectivity index (χ2v) is 12.2. The zero-order chi connectivity index (χ0) is 31.6. The van der Waals surface area contributed by atoms with Crippen molar-refractivity contribution in [1.29, 1.82) is 0 Å². The molecule has 2 aromatic carbocycles. The summed E-state index contributed by atoms with van der Waals surface area (Å²) in [5.41, 5.74) is 2.83. The van der Waals surface area contributed by atoms with Gasteiger partial charge in [-0.1, -0.05) is 18.6 Å². The van der Waals surface area contributed by atoms with Gasteiger partial charge in [-0.3, -0.25) is 4.79 Å². The molecule has 0 bridgehead atoms. The molecule has 45 heavy (non-hydrogen) atoms. The number of carbonyl (C=O) groups excluding carboxylic acids is 1. The third-order valence-corrected chi connectivity index (χ3v) is 9.30. The molecule has 2 heterocycles. The van der Waals surface area contributed by atoms with Gasteiger partial charge in [-0.2, -0.15) is 5.10 Å². The number of hydrazone groups is 1. The Labute approximate surface area is 266 Å². The summed E-state index contributed by atoms with van der Waals surface area (Å²) in [6.07, 6.45) is 14.1. The predicted molar refractivity (Wildman–Crippen MR) is 174 cm³/mol. The number of nitrogens with zero attached hydrogens (tertiary/aromatic N) is 2. The van der Waals surface area contributed by atoms with Crippen LogP contribution in [0.2, 0.25) is 0 Å². The summed E-state index contributed by atoms with van der Waals surface area (Å²) in [6, 6.07) is 10.6. The molecule has 2 aliphatic heterocycles. The first-order valence-electron chi connectivity index (χ1n) is 16.5. The highest BCUT2D eigenvalue weighted by Gasteiger charge is 2.40. The average Bonchev–Trinajstić information content (AvgIpc) is 3.53. The molecule has 1 saturated heterocycles. The second-order valence-electron chi connectivity index (χ2n) is 12.2.